The van der Waals surface area contributed by atoms with Gasteiger partial charge < -0.3 is 14.6 Å². The highest BCUT2D eigenvalue weighted by Gasteiger charge is 2.18. The van der Waals surface area contributed by atoms with Gasteiger partial charge in [0.1, 0.15) is 0 Å². The van der Waals surface area contributed by atoms with Crippen LogP contribution in [0.15, 0.2) is 48.8 Å². The number of nitro groups is 1. The first kappa shape index (κ1) is 20.9. The highest BCUT2D eigenvalue weighted by atomic mass is 19.1. The molecule has 0 fully saturated rings. The number of hydrogen-bond donors (Lipinski definition) is 1. The summed E-state index contributed by atoms with van der Waals surface area (Å²) in [5.74, 6) is -1.13. The minimum atomic E-state index is -0.908. The van der Waals surface area contributed by atoms with Gasteiger partial charge in [-0.3, -0.25) is 10.1 Å². The molecule has 0 aliphatic carbocycles. The van der Waals surface area contributed by atoms with E-state index in [2.05, 4.69) is 15.3 Å². The summed E-state index contributed by atoms with van der Waals surface area (Å²) in [5.41, 5.74) is 2.84. The second kappa shape index (κ2) is 8.06. The molecule has 162 valence electrons. The molecular formula is C22H18FN5O4. The van der Waals surface area contributed by atoms with E-state index < -0.39 is 22.4 Å². The van der Waals surface area contributed by atoms with Crippen LogP contribution in [0.3, 0.4) is 0 Å². The van der Waals surface area contributed by atoms with Gasteiger partial charge in [0.05, 0.1) is 29.0 Å². The van der Waals surface area contributed by atoms with Crippen LogP contribution in [0, 0.1) is 22.9 Å². The average molecular weight is 435 g/mol. The number of hydrogen-bond acceptors (Lipinski definition) is 7. The number of nitro benzene ring substituents is 1. The number of benzene rings is 2. The van der Waals surface area contributed by atoms with E-state index in [1.54, 1.807) is 31.3 Å². The average Bonchev–Trinajstić information content (AvgIpc) is 3.11. The highest BCUT2D eigenvalue weighted by molar-refractivity contribution is 6.00. The third-order valence-electron chi connectivity index (χ3n) is 5.08. The summed E-state index contributed by atoms with van der Waals surface area (Å²) >= 11 is 0. The predicted molar refractivity (Wildman–Crippen MR) is 116 cm³/mol. The lowest BCUT2D eigenvalue weighted by molar-refractivity contribution is -0.387. The van der Waals surface area contributed by atoms with E-state index in [-0.39, 0.29) is 5.95 Å². The summed E-state index contributed by atoms with van der Waals surface area (Å²) in [6.45, 7) is 1.63. The van der Waals surface area contributed by atoms with E-state index in [0.29, 0.717) is 22.5 Å². The number of carbonyl (C=O) groups excluding carboxylic acids is 1. The third-order valence-corrected chi connectivity index (χ3v) is 5.08. The molecule has 4 aromatic rings. The standard InChI is InChI=1S/C22H18FN5O4/c1-12-8-16(23)20(28(30)31)10-18(12)26-22-24-7-6-17(25-22)15-11-27(2)19-9-13(21(29)32-3)4-5-14(15)19/h4-11H,1-3H3,(H,24,25,26). The lowest BCUT2D eigenvalue weighted by atomic mass is 10.1. The van der Waals surface area contributed by atoms with Crippen LogP contribution in [0.4, 0.5) is 21.7 Å². The fourth-order valence-corrected chi connectivity index (χ4v) is 3.46. The van der Waals surface area contributed by atoms with E-state index in [1.165, 1.54) is 7.11 Å². The Labute approximate surface area is 181 Å². The van der Waals surface area contributed by atoms with E-state index in [4.69, 9.17) is 4.74 Å². The molecule has 0 unspecified atom stereocenters. The molecular weight excluding hydrogens is 417 g/mol. The van der Waals surface area contributed by atoms with Crippen LogP contribution in [0.2, 0.25) is 0 Å². The molecule has 0 aliphatic heterocycles. The lowest BCUT2D eigenvalue weighted by Crippen LogP contribution is -2.02. The second-order valence-electron chi connectivity index (χ2n) is 7.14. The number of esters is 1. The first-order valence-electron chi connectivity index (χ1n) is 9.51. The second-order valence-corrected chi connectivity index (χ2v) is 7.14. The minimum absolute atomic E-state index is 0.203. The number of anilines is 2. The Balaban J connectivity index is 1.73. The van der Waals surface area contributed by atoms with Crippen molar-refractivity contribution in [2.45, 2.75) is 6.92 Å². The van der Waals surface area contributed by atoms with E-state index in [9.17, 15) is 19.3 Å². The molecule has 0 radical (unpaired) electrons. The molecule has 2 aromatic heterocycles. The third kappa shape index (κ3) is 3.73. The Bertz CT molecular complexity index is 1380. The Kier molecular flexibility index (Phi) is 5.27. The lowest BCUT2D eigenvalue weighted by Gasteiger charge is -2.09. The van der Waals surface area contributed by atoms with Crippen molar-refractivity contribution in [2.24, 2.45) is 7.05 Å². The quantitative estimate of drug-likeness (QED) is 0.279. The largest absolute Gasteiger partial charge is 0.465 e. The monoisotopic (exact) mass is 435 g/mol. The maximum atomic E-state index is 13.8. The van der Waals surface area contributed by atoms with Gasteiger partial charge in [-0.1, -0.05) is 6.07 Å². The fourth-order valence-electron chi connectivity index (χ4n) is 3.46. The first-order chi connectivity index (χ1) is 15.3. The number of rotatable bonds is 5. The summed E-state index contributed by atoms with van der Waals surface area (Å²) < 4.78 is 20.5. The van der Waals surface area contributed by atoms with E-state index in [1.807, 2.05) is 23.9 Å². The number of carbonyl (C=O) groups is 1. The van der Waals surface area contributed by atoms with Crippen molar-refractivity contribution in [1.82, 2.24) is 14.5 Å². The Hall–Kier alpha value is -4.34. The smallest absolute Gasteiger partial charge is 0.337 e. The van der Waals surface area contributed by atoms with Crippen LogP contribution in [0.5, 0.6) is 0 Å². The summed E-state index contributed by atoms with van der Waals surface area (Å²) in [5, 5.41) is 14.9. The van der Waals surface area contributed by atoms with Crippen LogP contribution in [-0.2, 0) is 11.8 Å². The number of ether oxygens (including phenoxy) is 1. The zero-order chi connectivity index (χ0) is 23.0. The molecule has 0 aliphatic rings. The van der Waals surface area contributed by atoms with Gasteiger partial charge in [0.25, 0.3) is 0 Å². The molecule has 0 bridgehead atoms. The van der Waals surface area contributed by atoms with Crippen molar-refractivity contribution in [3.63, 3.8) is 0 Å². The van der Waals surface area contributed by atoms with Crippen LogP contribution < -0.4 is 5.32 Å². The van der Waals surface area contributed by atoms with Crippen LogP contribution in [-0.4, -0.2) is 32.5 Å². The Morgan fingerprint density at radius 2 is 2.03 bits per heavy atom. The fraction of sp³-hybridized carbons (Fsp3) is 0.136. The number of fused-ring (bicyclic) bond motifs is 1. The molecule has 32 heavy (non-hydrogen) atoms. The van der Waals surface area contributed by atoms with Gasteiger partial charge in [-0.2, -0.15) is 4.39 Å². The van der Waals surface area contributed by atoms with Gasteiger partial charge in [0.15, 0.2) is 0 Å². The minimum Gasteiger partial charge on any atom is -0.465 e. The molecule has 0 atom stereocenters. The molecule has 2 aromatic carbocycles. The van der Waals surface area contributed by atoms with Crippen LogP contribution in [0.1, 0.15) is 15.9 Å². The van der Waals surface area contributed by atoms with Crippen LogP contribution >= 0.6 is 0 Å². The summed E-state index contributed by atoms with van der Waals surface area (Å²) in [6.07, 6.45) is 3.44. The molecule has 1 N–H and O–H groups in total. The number of halogens is 1. The van der Waals surface area contributed by atoms with Gasteiger partial charge >= 0.3 is 11.7 Å². The first-order valence-corrected chi connectivity index (χ1v) is 9.51. The number of nitrogens with zero attached hydrogens (tertiary/aromatic N) is 4. The number of aromatic nitrogens is 3. The highest BCUT2D eigenvalue weighted by Crippen LogP contribution is 2.31. The number of methoxy groups -OCH3 is 1. The van der Waals surface area contributed by atoms with E-state index in [0.717, 1.165) is 28.6 Å². The summed E-state index contributed by atoms with van der Waals surface area (Å²) in [7, 11) is 3.18. The molecule has 9 nitrogen and oxygen atoms in total. The van der Waals surface area contributed by atoms with Crippen molar-refractivity contribution < 1.29 is 18.8 Å². The van der Waals surface area contributed by atoms with Crippen molar-refractivity contribution in [3.05, 3.63) is 75.9 Å². The molecule has 2 heterocycles. The van der Waals surface area contributed by atoms with Gasteiger partial charge in [-0.05, 0) is 36.8 Å². The topological polar surface area (TPSA) is 112 Å². The molecule has 0 saturated heterocycles. The maximum Gasteiger partial charge on any atom is 0.337 e. The number of nitrogens with one attached hydrogen (secondary N) is 1. The van der Waals surface area contributed by atoms with Gasteiger partial charge in [0, 0.05) is 42.0 Å². The molecule has 0 saturated carbocycles. The SMILES string of the molecule is COC(=O)c1ccc2c(-c3ccnc(Nc4cc([N+](=O)[O-])c(F)cc4C)n3)cn(C)c2c1. The predicted octanol–water partition coefficient (Wildman–Crippen LogP) is 4.52. The maximum absolute atomic E-state index is 13.8. The van der Waals surface area contributed by atoms with Gasteiger partial charge in [0.2, 0.25) is 11.8 Å². The van der Waals surface area contributed by atoms with Crippen molar-refractivity contribution in [3.8, 4) is 11.3 Å². The van der Waals surface area contributed by atoms with Crippen LogP contribution in [0.25, 0.3) is 22.2 Å². The van der Waals surface area contributed by atoms with Crippen molar-refractivity contribution >= 4 is 34.2 Å². The van der Waals surface area contributed by atoms with Gasteiger partial charge in [-0.15, -0.1) is 0 Å². The molecule has 10 heteroatoms. The zero-order valence-electron chi connectivity index (χ0n) is 17.4. The summed E-state index contributed by atoms with van der Waals surface area (Å²) in [6, 6.07) is 9.18. The molecule has 0 spiro atoms. The molecule has 4 rings (SSSR count). The molecule has 0 amide bonds. The zero-order valence-corrected chi connectivity index (χ0v) is 17.4. The Morgan fingerprint density at radius 1 is 1.25 bits per heavy atom. The van der Waals surface area contributed by atoms with Crippen molar-refractivity contribution in [2.75, 3.05) is 12.4 Å². The number of aryl methyl sites for hydroxylation is 2. The van der Waals surface area contributed by atoms with Crippen molar-refractivity contribution in [1.29, 1.82) is 0 Å². The normalized spacial score (nSPS) is 10.9. The summed E-state index contributed by atoms with van der Waals surface area (Å²) in [4.78, 5) is 30.8. The Morgan fingerprint density at radius 3 is 2.75 bits per heavy atom. The van der Waals surface area contributed by atoms with E-state index >= 15 is 0 Å². The van der Waals surface area contributed by atoms with Gasteiger partial charge in [-0.25, -0.2) is 14.8 Å².